The number of nitrogens with zero attached hydrogens (tertiary/aromatic N) is 2. The molecule has 0 aliphatic heterocycles. The zero-order valence-electron chi connectivity index (χ0n) is 7.74. The van der Waals surface area contributed by atoms with Gasteiger partial charge in [-0.3, -0.25) is 0 Å². The van der Waals surface area contributed by atoms with Crippen LogP contribution in [0, 0.1) is 0 Å². The van der Waals surface area contributed by atoms with Gasteiger partial charge < -0.3 is 10.3 Å². The molecule has 4 heteroatoms. The molecule has 0 fully saturated rings. The largest absolute Gasteiger partial charge is 0.384 e. The van der Waals surface area contributed by atoms with Crippen LogP contribution in [0.4, 0.5) is 5.82 Å². The van der Waals surface area contributed by atoms with Crippen LogP contribution in [0.1, 0.15) is 19.7 Å². The van der Waals surface area contributed by atoms with E-state index in [-0.39, 0.29) is 0 Å². The second kappa shape index (κ2) is 3.85. The highest BCUT2D eigenvalue weighted by Crippen LogP contribution is 2.16. The summed E-state index contributed by atoms with van der Waals surface area (Å²) in [5.74, 6) is 2.71. The lowest BCUT2D eigenvalue weighted by molar-refractivity contribution is 0.857. The number of aromatic nitrogens is 2. The Bertz CT molecular complexity index is 255. The van der Waals surface area contributed by atoms with Crippen molar-refractivity contribution >= 4 is 17.6 Å². The van der Waals surface area contributed by atoms with Crippen molar-refractivity contribution in [2.75, 3.05) is 5.73 Å². The van der Waals surface area contributed by atoms with Crippen molar-refractivity contribution in [3.63, 3.8) is 0 Å². The molecule has 3 nitrogen and oxygen atoms in total. The standard InChI is InChI=1S/C8H15N3S/c1-6(2)12-5-8-10-4-7(9)11(8)3/h4,6H,5,9H2,1-3H3. The van der Waals surface area contributed by atoms with Gasteiger partial charge in [0.1, 0.15) is 11.6 Å². The lowest BCUT2D eigenvalue weighted by atomic mass is 10.6. The minimum atomic E-state index is 0.642. The maximum absolute atomic E-state index is 5.64. The van der Waals surface area contributed by atoms with Gasteiger partial charge in [0, 0.05) is 7.05 Å². The summed E-state index contributed by atoms with van der Waals surface area (Å²) in [4.78, 5) is 4.20. The van der Waals surface area contributed by atoms with Gasteiger partial charge in [0.25, 0.3) is 0 Å². The predicted molar refractivity (Wildman–Crippen MR) is 54.1 cm³/mol. The fourth-order valence-electron chi connectivity index (χ4n) is 0.838. The third-order valence-electron chi connectivity index (χ3n) is 1.67. The maximum Gasteiger partial charge on any atom is 0.123 e. The fourth-order valence-corrected chi connectivity index (χ4v) is 1.59. The Morgan fingerprint density at radius 2 is 2.33 bits per heavy atom. The van der Waals surface area contributed by atoms with Crippen molar-refractivity contribution in [1.29, 1.82) is 0 Å². The average Bonchev–Trinajstić information content (AvgIpc) is 2.30. The number of hydrogen-bond acceptors (Lipinski definition) is 3. The lowest BCUT2D eigenvalue weighted by Gasteiger charge is -2.04. The highest BCUT2D eigenvalue weighted by molar-refractivity contribution is 7.99. The monoisotopic (exact) mass is 185 g/mol. The van der Waals surface area contributed by atoms with Crippen LogP contribution in [0.5, 0.6) is 0 Å². The molecule has 0 saturated carbocycles. The van der Waals surface area contributed by atoms with Crippen LogP contribution < -0.4 is 5.73 Å². The van der Waals surface area contributed by atoms with Crippen LogP contribution in [-0.2, 0) is 12.8 Å². The van der Waals surface area contributed by atoms with Crippen LogP contribution in [0.3, 0.4) is 0 Å². The number of hydrogen-bond donors (Lipinski definition) is 1. The highest BCUT2D eigenvalue weighted by Gasteiger charge is 2.04. The Labute approximate surface area is 77.4 Å². The van der Waals surface area contributed by atoms with Gasteiger partial charge in [-0.05, 0) is 5.25 Å². The van der Waals surface area contributed by atoms with Gasteiger partial charge in [-0.2, -0.15) is 11.8 Å². The van der Waals surface area contributed by atoms with E-state index in [4.69, 9.17) is 5.73 Å². The van der Waals surface area contributed by atoms with E-state index in [1.54, 1.807) is 6.20 Å². The second-order valence-electron chi connectivity index (χ2n) is 3.02. The maximum atomic E-state index is 5.64. The molecule has 1 rings (SSSR count). The van der Waals surface area contributed by atoms with E-state index >= 15 is 0 Å². The van der Waals surface area contributed by atoms with Crippen LogP contribution in [0.25, 0.3) is 0 Å². The molecular formula is C8H15N3S. The Kier molecular flexibility index (Phi) is 3.03. The first-order valence-corrected chi connectivity index (χ1v) is 5.03. The molecule has 0 aromatic carbocycles. The van der Waals surface area contributed by atoms with Crippen LogP contribution >= 0.6 is 11.8 Å². The van der Waals surface area contributed by atoms with Gasteiger partial charge in [0.2, 0.25) is 0 Å². The van der Waals surface area contributed by atoms with Crippen molar-refractivity contribution in [2.24, 2.45) is 7.05 Å². The van der Waals surface area contributed by atoms with Crippen LogP contribution in [-0.4, -0.2) is 14.8 Å². The molecule has 1 aromatic rings. The fraction of sp³-hybridized carbons (Fsp3) is 0.625. The predicted octanol–water partition coefficient (Wildman–Crippen LogP) is 1.64. The Hall–Kier alpha value is -0.640. The minimum Gasteiger partial charge on any atom is -0.384 e. The van der Waals surface area contributed by atoms with E-state index in [2.05, 4.69) is 18.8 Å². The molecule has 1 aromatic heterocycles. The molecule has 0 unspecified atom stereocenters. The molecule has 0 aliphatic rings. The molecule has 12 heavy (non-hydrogen) atoms. The normalized spacial score (nSPS) is 11.0. The van der Waals surface area contributed by atoms with E-state index in [1.807, 2.05) is 23.4 Å². The molecule has 0 aliphatic carbocycles. The molecule has 0 spiro atoms. The summed E-state index contributed by atoms with van der Waals surface area (Å²) in [5.41, 5.74) is 5.64. The minimum absolute atomic E-state index is 0.642. The van der Waals surface area contributed by atoms with Crippen molar-refractivity contribution in [3.8, 4) is 0 Å². The number of anilines is 1. The number of thioether (sulfide) groups is 1. The van der Waals surface area contributed by atoms with E-state index in [9.17, 15) is 0 Å². The first-order chi connectivity index (χ1) is 5.61. The third kappa shape index (κ3) is 2.17. The lowest BCUT2D eigenvalue weighted by Crippen LogP contribution is -2.01. The summed E-state index contributed by atoms with van der Waals surface area (Å²) in [6, 6.07) is 0. The van der Waals surface area contributed by atoms with E-state index in [0.29, 0.717) is 5.25 Å². The molecule has 0 bridgehead atoms. The highest BCUT2D eigenvalue weighted by atomic mass is 32.2. The first kappa shape index (κ1) is 9.45. The first-order valence-electron chi connectivity index (χ1n) is 3.99. The van der Waals surface area contributed by atoms with E-state index < -0.39 is 0 Å². The quantitative estimate of drug-likeness (QED) is 0.778. The van der Waals surface area contributed by atoms with Crippen molar-refractivity contribution in [2.45, 2.75) is 24.9 Å². The molecule has 0 saturated heterocycles. The number of nitrogen functional groups attached to an aromatic ring is 1. The molecule has 0 radical (unpaired) electrons. The molecule has 68 valence electrons. The van der Waals surface area contributed by atoms with Gasteiger partial charge in [0.05, 0.1) is 11.9 Å². The van der Waals surface area contributed by atoms with Crippen molar-refractivity contribution < 1.29 is 0 Å². The molecule has 2 N–H and O–H groups in total. The second-order valence-corrected chi connectivity index (χ2v) is 4.58. The average molecular weight is 185 g/mol. The Morgan fingerprint density at radius 3 is 2.75 bits per heavy atom. The van der Waals surface area contributed by atoms with Gasteiger partial charge in [-0.1, -0.05) is 13.8 Å². The Morgan fingerprint density at radius 1 is 1.67 bits per heavy atom. The van der Waals surface area contributed by atoms with Crippen LogP contribution in [0.15, 0.2) is 6.20 Å². The summed E-state index contributed by atoms with van der Waals surface area (Å²) in [6.45, 7) is 4.36. The zero-order chi connectivity index (χ0) is 9.14. The zero-order valence-corrected chi connectivity index (χ0v) is 8.56. The van der Waals surface area contributed by atoms with Gasteiger partial charge >= 0.3 is 0 Å². The van der Waals surface area contributed by atoms with Crippen molar-refractivity contribution in [3.05, 3.63) is 12.0 Å². The molecule has 0 atom stereocenters. The SMILES string of the molecule is CC(C)SCc1ncc(N)n1C. The molecule has 0 amide bonds. The summed E-state index contributed by atoms with van der Waals surface area (Å²) >= 11 is 1.87. The molecular weight excluding hydrogens is 170 g/mol. The summed E-state index contributed by atoms with van der Waals surface area (Å²) in [6.07, 6.45) is 1.70. The number of rotatable bonds is 3. The molecule has 1 heterocycles. The number of nitrogens with two attached hydrogens (primary N) is 1. The summed E-state index contributed by atoms with van der Waals surface area (Å²) in [7, 11) is 1.94. The van der Waals surface area contributed by atoms with E-state index in [0.717, 1.165) is 17.4 Å². The van der Waals surface area contributed by atoms with Crippen LogP contribution in [0.2, 0.25) is 0 Å². The topological polar surface area (TPSA) is 43.8 Å². The third-order valence-corrected chi connectivity index (χ3v) is 2.76. The van der Waals surface area contributed by atoms with Gasteiger partial charge in [-0.25, -0.2) is 4.98 Å². The van der Waals surface area contributed by atoms with Gasteiger partial charge in [-0.15, -0.1) is 0 Å². The van der Waals surface area contributed by atoms with E-state index in [1.165, 1.54) is 0 Å². The Balaban J connectivity index is 2.58. The smallest absolute Gasteiger partial charge is 0.123 e. The number of imidazole rings is 1. The van der Waals surface area contributed by atoms with Gasteiger partial charge in [0.15, 0.2) is 0 Å². The summed E-state index contributed by atoms with van der Waals surface area (Å²) in [5, 5.41) is 0.642. The summed E-state index contributed by atoms with van der Waals surface area (Å²) < 4.78 is 1.93. The van der Waals surface area contributed by atoms with Crippen molar-refractivity contribution in [1.82, 2.24) is 9.55 Å².